The van der Waals surface area contributed by atoms with Gasteiger partial charge in [-0.2, -0.15) is 0 Å². The second-order valence-electron chi connectivity index (χ2n) is 4.90. The summed E-state index contributed by atoms with van der Waals surface area (Å²) >= 11 is 0. The Bertz CT molecular complexity index is 963. The first-order chi connectivity index (χ1) is 11.6. The van der Waals surface area contributed by atoms with E-state index in [0.717, 1.165) is 0 Å². The van der Waals surface area contributed by atoms with Crippen LogP contribution < -0.4 is 19.6 Å². The highest BCUT2D eigenvalue weighted by Gasteiger charge is 2.15. The van der Waals surface area contributed by atoms with Crippen molar-refractivity contribution >= 4 is 11.0 Å². The summed E-state index contributed by atoms with van der Waals surface area (Å²) in [6.07, 6.45) is 0. The van der Waals surface area contributed by atoms with E-state index in [9.17, 15) is 9.90 Å². The van der Waals surface area contributed by atoms with E-state index in [1.54, 1.807) is 12.1 Å². The average Bonchev–Trinajstić information content (AvgIpc) is 2.60. The summed E-state index contributed by atoms with van der Waals surface area (Å²) in [5.41, 5.74) is 0.382. The minimum absolute atomic E-state index is 0.0402. The van der Waals surface area contributed by atoms with Crippen LogP contribution in [0.25, 0.3) is 22.4 Å². The van der Waals surface area contributed by atoms with Crippen LogP contribution in [0.15, 0.2) is 39.5 Å². The van der Waals surface area contributed by atoms with Gasteiger partial charge in [-0.05, 0) is 12.1 Å². The lowest BCUT2D eigenvalue weighted by atomic mass is 10.1. The molecule has 0 aliphatic heterocycles. The van der Waals surface area contributed by atoms with Crippen LogP contribution in [0.5, 0.6) is 23.1 Å². The number of aromatic nitrogens is 1. The molecule has 3 rings (SSSR count). The van der Waals surface area contributed by atoms with Crippen LogP contribution in [0, 0.1) is 0 Å². The topological polar surface area (TPSA) is 91.0 Å². The van der Waals surface area contributed by atoms with Crippen molar-refractivity contribution in [2.45, 2.75) is 0 Å². The van der Waals surface area contributed by atoms with Gasteiger partial charge >= 0.3 is 0 Å². The number of benzene rings is 1. The van der Waals surface area contributed by atoms with E-state index >= 15 is 0 Å². The summed E-state index contributed by atoms with van der Waals surface area (Å²) < 4.78 is 21.2. The van der Waals surface area contributed by atoms with Gasteiger partial charge in [0.25, 0.3) is 5.88 Å². The highest BCUT2D eigenvalue weighted by molar-refractivity contribution is 5.86. The molecule has 0 unspecified atom stereocenters. The molecule has 0 spiro atoms. The molecular formula is C17H15NO6. The molecule has 0 aliphatic rings. The molecule has 2 aromatic heterocycles. The molecule has 7 nitrogen and oxygen atoms in total. The van der Waals surface area contributed by atoms with E-state index in [1.807, 2.05) is 0 Å². The molecule has 3 aromatic rings. The van der Waals surface area contributed by atoms with Crippen molar-refractivity contribution in [1.29, 1.82) is 0 Å². The Balaban J connectivity index is 2.26. The van der Waals surface area contributed by atoms with E-state index in [4.69, 9.17) is 18.6 Å². The Labute approximate surface area is 137 Å². The summed E-state index contributed by atoms with van der Waals surface area (Å²) in [4.78, 5) is 16.6. The standard InChI is InChI=1S/C17H15NO6/c1-21-9-6-14(22-2)16-12(20)8-13(24-15(16)7-9)10-4-5-11(19)17(18-10)23-3/h4-8,19H,1-3H3. The van der Waals surface area contributed by atoms with Crippen molar-refractivity contribution in [1.82, 2.24) is 4.98 Å². The minimum atomic E-state index is -0.278. The first-order valence-electron chi connectivity index (χ1n) is 7.01. The third kappa shape index (κ3) is 2.60. The van der Waals surface area contributed by atoms with Crippen molar-refractivity contribution in [3.63, 3.8) is 0 Å². The molecule has 0 bridgehead atoms. The predicted octanol–water partition coefficient (Wildman–Crippen LogP) is 2.59. The number of methoxy groups -OCH3 is 3. The molecule has 0 atom stereocenters. The number of hydrogen-bond donors (Lipinski definition) is 1. The van der Waals surface area contributed by atoms with Crippen LogP contribution in [0.4, 0.5) is 0 Å². The molecule has 2 heterocycles. The maximum atomic E-state index is 12.5. The summed E-state index contributed by atoms with van der Waals surface area (Å²) in [6, 6.07) is 7.47. The number of hydrogen-bond acceptors (Lipinski definition) is 7. The molecule has 0 saturated heterocycles. The van der Waals surface area contributed by atoms with Gasteiger partial charge in [-0.15, -0.1) is 0 Å². The Morgan fingerprint density at radius 1 is 1.04 bits per heavy atom. The fourth-order valence-corrected chi connectivity index (χ4v) is 2.35. The Morgan fingerprint density at radius 3 is 2.50 bits per heavy atom. The summed E-state index contributed by atoms with van der Waals surface area (Å²) in [5, 5.41) is 9.94. The molecule has 7 heteroatoms. The fraction of sp³-hybridized carbons (Fsp3) is 0.176. The lowest BCUT2D eigenvalue weighted by Gasteiger charge is -2.09. The average molecular weight is 329 g/mol. The molecule has 0 aliphatic carbocycles. The van der Waals surface area contributed by atoms with Crippen molar-refractivity contribution in [3.05, 3.63) is 40.6 Å². The van der Waals surface area contributed by atoms with Gasteiger partial charge in [-0.3, -0.25) is 4.79 Å². The number of pyridine rings is 1. The number of fused-ring (bicyclic) bond motifs is 1. The van der Waals surface area contributed by atoms with Gasteiger partial charge in [0.15, 0.2) is 16.9 Å². The zero-order valence-electron chi connectivity index (χ0n) is 13.3. The number of ether oxygens (including phenoxy) is 3. The van der Waals surface area contributed by atoms with Gasteiger partial charge in [-0.1, -0.05) is 0 Å². The van der Waals surface area contributed by atoms with Gasteiger partial charge in [0.1, 0.15) is 28.2 Å². The third-order valence-electron chi connectivity index (χ3n) is 3.51. The largest absolute Gasteiger partial charge is 0.503 e. The molecule has 0 fully saturated rings. The molecular weight excluding hydrogens is 314 g/mol. The normalized spacial score (nSPS) is 10.6. The van der Waals surface area contributed by atoms with Crippen LogP contribution in [0.3, 0.4) is 0 Å². The predicted molar refractivity (Wildman–Crippen MR) is 87.0 cm³/mol. The summed E-state index contributed by atoms with van der Waals surface area (Å²) in [6.45, 7) is 0. The molecule has 0 saturated carbocycles. The van der Waals surface area contributed by atoms with Crippen LogP contribution in [0.2, 0.25) is 0 Å². The van der Waals surface area contributed by atoms with Crippen LogP contribution >= 0.6 is 0 Å². The number of aromatic hydroxyl groups is 1. The van der Waals surface area contributed by atoms with E-state index in [0.29, 0.717) is 28.2 Å². The van der Waals surface area contributed by atoms with E-state index in [-0.39, 0.29) is 22.8 Å². The fourth-order valence-electron chi connectivity index (χ4n) is 2.35. The maximum absolute atomic E-state index is 12.5. The number of rotatable bonds is 4. The third-order valence-corrected chi connectivity index (χ3v) is 3.51. The highest BCUT2D eigenvalue weighted by Crippen LogP contribution is 2.32. The zero-order valence-corrected chi connectivity index (χ0v) is 13.3. The molecule has 1 aromatic carbocycles. The highest BCUT2D eigenvalue weighted by atomic mass is 16.5. The lowest BCUT2D eigenvalue weighted by molar-refractivity contribution is 0.359. The van der Waals surface area contributed by atoms with Crippen molar-refractivity contribution < 1.29 is 23.7 Å². The minimum Gasteiger partial charge on any atom is -0.503 e. The first-order valence-corrected chi connectivity index (χ1v) is 7.01. The zero-order chi connectivity index (χ0) is 17.3. The first kappa shape index (κ1) is 15.7. The second kappa shape index (κ2) is 6.11. The molecule has 124 valence electrons. The van der Waals surface area contributed by atoms with Crippen molar-refractivity contribution in [2.75, 3.05) is 21.3 Å². The summed E-state index contributed by atoms with van der Waals surface area (Å²) in [5.74, 6) is 1.03. The smallest absolute Gasteiger partial charge is 0.257 e. The summed E-state index contributed by atoms with van der Waals surface area (Å²) in [7, 11) is 4.36. The van der Waals surface area contributed by atoms with E-state index in [2.05, 4.69) is 4.98 Å². The Morgan fingerprint density at radius 2 is 1.83 bits per heavy atom. The van der Waals surface area contributed by atoms with Crippen molar-refractivity contribution in [3.8, 4) is 34.6 Å². The SMILES string of the molecule is COc1cc(OC)c2c(=O)cc(-c3ccc(O)c(OC)n3)oc2c1. The Hall–Kier alpha value is -3.22. The van der Waals surface area contributed by atoms with Crippen molar-refractivity contribution in [2.24, 2.45) is 0 Å². The van der Waals surface area contributed by atoms with Crippen LogP contribution in [-0.2, 0) is 0 Å². The van der Waals surface area contributed by atoms with Crippen LogP contribution in [0.1, 0.15) is 0 Å². The monoisotopic (exact) mass is 329 g/mol. The van der Waals surface area contributed by atoms with Gasteiger partial charge < -0.3 is 23.7 Å². The number of nitrogens with zero attached hydrogens (tertiary/aromatic N) is 1. The molecule has 24 heavy (non-hydrogen) atoms. The van der Waals surface area contributed by atoms with Gasteiger partial charge in [0.05, 0.1) is 21.3 Å². The van der Waals surface area contributed by atoms with Gasteiger partial charge in [-0.25, -0.2) is 4.98 Å². The lowest BCUT2D eigenvalue weighted by Crippen LogP contribution is -2.04. The van der Waals surface area contributed by atoms with E-state index < -0.39 is 0 Å². The Kier molecular flexibility index (Phi) is 3.99. The van der Waals surface area contributed by atoms with Gasteiger partial charge in [0, 0.05) is 18.2 Å². The maximum Gasteiger partial charge on any atom is 0.257 e. The van der Waals surface area contributed by atoms with E-state index in [1.165, 1.54) is 39.5 Å². The molecule has 0 radical (unpaired) electrons. The molecule has 1 N–H and O–H groups in total. The van der Waals surface area contributed by atoms with Crippen LogP contribution in [-0.4, -0.2) is 31.4 Å². The second-order valence-corrected chi connectivity index (χ2v) is 4.90. The quantitative estimate of drug-likeness (QED) is 0.786. The molecule has 0 amide bonds. The van der Waals surface area contributed by atoms with Gasteiger partial charge in [0.2, 0.25) is 0 Å².